The number of carbonyl (C=O) groups excluding carboxylic acids is 1. The summed E-state index contributed by atoms with van der Waals surface area (Å²) in [5.74, 6) is 0.162. The molecule has 3 heteroatoms. The molecule has 0 spiro atoms. The molecule has 0 aromatic rings. The van der Waals surface area contributed by atoms with E-state index in [1.54, 1.807) is 0 Å². The number of piperidine rings is 1. The summed E-state index contributed by atoms with van der Waals surface area (Å²) in [5.41, 5.74) is 0. The maximum absolute atomic E-state index is 11.0. The Morgan fingerprint density at radius 1 is 1.50 bits per heavy atom. The Morgan fingerprint density at radius 3 is 2.93 bits per heavy atom. The molecule has 0 radical (unpaired) electrons. The minimum absolute atomic E-state index is 0.162. The lowest BCUT2D eigenvalue weighted by molar-refractivity contribution is -0.120. The molecule has 82 valence electrons. The molecule has 1 N–H and O–H groups in total. The molecule has 0 aliphatic carbocycles. The summed E-state index contributed by atoms with van der Waals surface area (Å²) in [6, 6.07) is 0.697. The monoisotopic (exact) mass is 198 g/mol. The molecule has 1 saturated heterocycles. The van der Waals surface area contributed by atoms with Gasteiger partial charge in [-0.05, 0) is 26.3 Å². The summed E-state index contributed by atoms with van der Waals surface area (Å²) < 4.78 is 0. The number of rotatable bonds is 4. The van der Waals surface area contributed by atoms with Gasteiger partial charge in [-0.1, -0.05) is 13.3 Å². The number of likely N-dealkylation sites (tertiary alicyclic amines) is 1. The number of carbonyl (C=O) groups is 1. The van der Waals surface area contributed by atoms with E-state index >= 15 is 0 Å². The Hall–Kier alpha value is -0.570. The molecule has 1 rings (SSSR count). The predicted molar refractivity (Wildman–Crippen MR) is 58.2 cm³/mol. The van der Waals surface area contributed by atoms with Gasteiger partial charge in [0.05, 0.1) is 0 Å². The topological polar surface area (TPSA) is 32.3 Å². The average Bonchev–Trinajstić information content (AvgIpc) is 2.20. The van der Waals surface area contributed by atoms with Crippen molar-refractivity contribution in [3.05, 3.63) is 0 Å². The van der Waals surface area contributed by atoms with E-state index in [0.717, 1.165) is 13.1 Å². The minimum Gasteiger partial charge on any atom is -0.355 e. The van der Waals surface area contributed by atoms with E-state index in [1.165, 1.54) is 25.8 Å². The van der Waals surface area contributed by atoms with E-state index in [-0.39, 0.29) is 5.91 Å². The van der Waals surface area contributed by atoms with Crippen LogP contribution in [0.25, 0.3) is 0 Å². The first-order valence-electron chi connectivity index (χ1n) is 5.74. The van der Waals surface area contributed by atoms with Crippen LogP contribution in [-0.2, 0) is 4.79 Å². The first kappa shape index (κ1) is 11.5. The van der Waals surface area contributed by atoms with Crippen LogP contribution in [0.3, 0.4) is 0 Å². The fourth-order valence-corrected chi connectivity index (χ4v) is 1.95. The second-order valence-electron chi connectivity index (χ2n) is 4.08. The zero-order chi connectivity index (χ0) is 10.4. The highest BCUT2D eigenvalue weighted by Gasteiger charge is 2.17. The Balaban J connectivity index is 2.13. The van der Waals surface area contributed by atoms with Crippen LogP contribution in [0.4, 0.5) is 0 Å². The molecule has 3 nitrogen and oxygen atoms in total. The Morgan fingerprint density at radius 2 is 2.29 bits per heavy atom. The molecular formula is C11H22N2O. The first-order chi connectivity index (χ1) is 6.74. The number of hydrogen-bond acceptors (Lipinski definition) is 2. The summed E-state index contributed by atoms with van der Waals surface area (Å²) in [6.07, 6.45) is 4.57. The third-order valence-electron chi connectivity index (χ3n) is 2.98. The van der Waals surface area contributed by atoms with Crippen molar-refractivity contribution in [2.75, 3.05) is 19.6 Å². The van der Waals surface area contributed by atoms with E-state index in [4.69, 9.17) is 0 Å². The van der Waals surface area contributed by atoms with Crippen molar-refractivity contribution < 1.29 is 4.79 Å². The quantitative estimate of drug-likeness (QED) is 0.740. The van der Waals surface area contributed by atoms with Crippen molar-refractivity contribution in [3.63, 3.8) is 0 Å². The van der Waals surface area contributed by atoms with Gasteiger partial charge in [-0.25, -0.2) is 0 Å². The molecule has 14 heavy (non-hydrogen) atoms. The van der Waals surface area contributed by atoms with Crippen LogP contribution in [0.1, 0.15) is 39.5 Å². The summed E-state index contributed by atoms with van der Waals surface area (Å²) >= 11 is 0. The Kier molecular flexibility index (Phi) is 4.94. The van der Waals surface area contributed by atoms with Crippen molar-refractivity contribution in [2.24, 2.45) is 0 Å². The second kappa shape index (κ2) is 6.02. The fraction of sp³-hybridized carbons (Fsp3) is 0.909. The number of hydrogen-bond donors (Lipinski definition) is 1. The van der Waals surface area contributed by atoms with Gasteiger partial charge in [-0.15, -0.1) is 0 Å². The highest BCUT2D eigenvalue weighted by atomic mass is 16.1. The minimum atomic E-state index is 0.162. The molecule has 0 saturated carbocycles. The second-order valence-corrected chi connectivity index (χ2v) is 4.08. The SMILES string of the molecule is CCC(=O)NCCN1CCCCC1C. The molecule has 1 fully saturated rings. The van der Waals surface area contributed by atoms with Gasteiger partial charge in [-0.2, -0.15) is 0 Å². The van der Waals surface area contributed by atoms with Gasteiger partial charge in [0.2, 0.25) is 5.91 Å². The normalized spacial score (nSPS) is 23.4. The van der Waals surface area contributed by atoms with E-state index in [0.29, 0.717) is 12.5 Å². The Labute approximate surface area is 86.9 Å². The van der Waals surface area contributed by atoms with Crippen LogP contribution in [0.5, 0.6) is 0 Å². The van der Waals surface area contributed by atoms with Gasteiger partial charge in [0, 0.05) is 25.6 Å². The summed E-state index contributed by atoms with van der Waals surface area (Å²) in [7, 11) is 0. The lowest BCUT2D eigenvalue weighted by Crippen LogP contribution is -2.42. The van der Waals surface area contributed by atoms with E-state index in [1.807, 2.05) is 6.92 Å². The van der Waals surface area contributed by atoms with Crippen LogP contribution < -0.4 is 5.32 Å². The summed E-state index contributed by atoms with van der Waals surface area (Å²) in [6.45, 7) is 7.17. The number of amides is 1. The highest BCUT2D eigenvalue weighted by Crippen LogP contribution is 2.15. The van der Waals surface area contributed by atoms with Crippen molar-refractivity contribution >= 4 is 5.91 Å². The molecule has 0 bridgehead atoms. The van der Waals surface area contributed by atoms with Crippen molar-refractivity contribution in [2.45, 2.75) is 45.6 Å². The molecule has 1 amide bonds. The van der Waals surface area contributed by atoms with Crippen molar-refractivity contribution in [1.29, 1.82) is 0 Å². The smallest absolute Gasteiger partial charge is 0.219 e. The van der Waals surface area contributed by atoms with E-state index in [2.05, 4.69) is 17.1 Å². The van der Waals surface area contributed by atoms with E-state index < -0.39 is 0 Å². The molecule has 0 aromatic heterocycles. The largest absolute Gasteiger partial charge is 0.355 e. The molecular weight excluding hydrogens is 176 g/mol. The van der Waals surface area contributed by atoms with Gasteiger partial charge < -0.3 is 5.32 Å². The van der Waals surface area contributed by atoms with Crippen LogP contribution in [0.2, 0.25) is 0 Å². The summed E-state index contributed by atoms with van der Waals surface area (Å²) in [5, 5.41) is 2.92. The van der Waals surface area contributed by atoms with Gasteiger partial charge in [0.1, 0.15) is 0 Å². The number of nitrogens with zero attached hydrogens (tertiary/aromatic N) is 1. The molecule has 1 aliphatic heterocycles. The van der Waals surface area contributed by atoms with Crippen LogP contribution in [-0.4, -0.2) is 36.5 Å². The van der Waals surface area contributed by atoms with E-state index in [9.17, 15) is 4.79 Å². The maximum Gasteiger partial charge on any atom is 0.219 e. The maximum atomic E-state index is 11.0. The van der Waals surface area contributed by atoms with Gasteiger partial charge in [0.15, 0.2) is 0 Å². The lowest BCUT2D eigenvalue weighted by atomic mass is 10.0. The molecule has 1 atom stereocenters. The molecule has 1 aliphatic rings. The van der Waals surface area contributed by atoms with Crippen LogP contribution in [0, 0.1) is 0 Å². The summed E-state index contributed by atoms with van der Waals surface area (Å²) in [4.78, 5) is 13.5. The van der Waals surface area contributed by atoms with Crippen LogP contribution in [0.15, 0.2) is 0 Å². The zero-order valence-corrected chi connectivity index (χ0v) is 9.38. The number of nitrogens with one attached hydrogen (secondary N) is 1. The van der Waals surface area contributed by atoms with Gasteiger partial charge in [-0.3, -0.25) is 9.69 Å². The lowest BCUT2D eigenvalue weighted by Gasteiger charge is -2.33. The molecule has 1 unspecified atom stereocenters. The fourth-order valence-electron chi connectivity index (χ4n) is 1.95. The molecule has 0 aromatic carbocycles. The third kappa shape index (κ3) is 3.66. The van der Waals surface area contributed by atoms with Crippen LogP contribution >= 0.6 is 0 Å². The highest BCUT2D eigenvalue weighted by molar-refractivity contribution is 5.75. The van der Waals surface area contributed by atoms with Crippen molar-refractivity contribution in [1.82, 2.24) is 10.2 Å². The standard InChI is InChI=1S/C11H22N2O/c1-3-11(14)12-7-9-13-8-5-4-6-10(13)2/h10H,3-9H2,1-2H3,(H,12,14). The van der Waals surface area contributed by atoms with Gasteiger partial charge in [0.25, 0.3) is 0 Å². The predicted octanol–water partition coefficient (Wildman–Crippen LogP) is 1.39. The third-order valence-corrected chi connectivity index (χ3v) is 2.98. The average molecular weight is 198 g/mol. The van der Waals surface area contributed by atoms with Gasteiger partial charge >= 0.3 is 0 Å². The molecule has 1 heterocycles. The first-order valence-corrected chi connectivity index (χ1v) is 5.74. The zero-order valence-electron chi connectivity index (χ0n) is 9.38. The Bertz CT molecular complexity index is 182. The van der Waals surface area contributed by atoms with Crippen molar-refractivity contribution in [3.8, 4) is 0 Å².